The minimum absolute atomic E-state index is 0.255. The van der Waals surface area contributed by atoms with E-state index in [1.807, 2.05) is 0 Å². The smallest absolute Gasteiger partial charge is 0.263 e. The number of rotatable bonds is 8. The molecule has 0 unspecified atom stereocenters. The van der Waals surface area contributed by atoms with Crippen molar-refractivity contribution in [1.29, 1.82) is 5.26 Å². The molecular weight excluding hydrogens is 286 g/mol. The predicted octanol–water partition coefficient (Wildman–Crippen LogP) is 1.71. The van der Waals surface area contributed by atoms with E-state index in [9.17, 15) is 10.1 Å². The number of hydrogen-bond donors (Lipinski definition) is 3. The van der Waals surface area contributed by atoms with Crippen molar-refractivity contribution in [1.82, 2.24) is 10.2 Å². The van der Waals surface area contributed by atoms with Gasteiger partial charge in [0, 0.05) is 20.1 Å². The monoisotopic (exact) mass is 309 g/mol. The van der Waals surface area contributed by atoms with Crippen LogP contribution in [-0.4, -0.2) is 44.0 Å². The number of carbonyl (C=O) groups excluding carboxylic acids is 1. The first-order valence-electron chi connectivity index (χ1n) is 7.09. The highest BCUT2D eigenvalue weighted by Crippen LogP contribution is 2.34. The molecule has 1 heterocycles. The third kappa shape index (κ3) is 4.34. The number of nitrogens with zero attached hydrogens (tertiary/aromatic N) is 2. The SMILES string of the molecule is CCCN(CC)CCNc1sc(C(=O)NC)c(N)c1C#N. The van der Waals surface area contributed by atoms with Gasteiger partial charge in [-0.2, -0.15) is 5.26 Å². The number of thiophene rings is 1. The molecule has 0 radical (unpaired) electrons. The van der Waals surface area contributed by atoms with Crippen LogP contribution in [0.1, 0.15) is 35.5 Å². The van der Waals surface area contributed by atoms with Gasteiger partial charge >= 0.3 is 0 Å². The maximum atomic E-state index is 11.7. The van der Waals surface area contributed by atoms with Gasteiger partial charge in [0.25, 0.3) is 5.91 Å². The summed E-state index contributed by atoms with van der Waals surface area (Å²) in [5, 5.41) is 15.6. The summed E-state index contributed by atoms with van der Waals surface area (Å²) in [5.74, 6) is -0.261. The summed E-state index contributed by atoms with van der Waals surface area (Å²) < 4.78 is 0. The molecule has 6 nitrogen and oxygen atoms in total. The van der Waals surface area contributed by atoms with E-state index in [1.165, 1.54) is 11.3 Å². The molecule has 0 saturated carbocycles. The van der Waals surface area contributed by atoms with E-state index in [2.05, 4.69) is 35.5 Å². The average molecular weight is 309 g/mol. The number of amides is 1. The molecule has 1 amide bonds. The predicted molar refractivity (Wildman–Crippen MR) is 87.7 cm³/mol. The van der Waals surface area contributed by atoms with Crippen LogP contribution in [0.2, 0.25) is 0 Å². The van der Waals surface area contributed by atoms with E-state index in [-0.39, 0.29) is 11.6 Å². The Morgan fingerprint density at radius 3 is 2.67 bits per heavy atom. The molecule has 0 aliphatic heterocycles. The summed E-state index contributed by atoms with van der Waals surface area (Å²) in [4.78, 5) is 14.4. The van der Waals surface area contributed by atoms with Crippen molar-refractivity contribution in [3.63, 3.8) is 0 Å². The summed E-state index contributed by atoms with van der Waals surface area (Å²) in [5.41, 5.74) is 6.49. The van der Waals surface area contributed by atoms with Gasteiger partial charge in [-0.15, -0.1) is 11.3 Å². The van der Waals surface area contributed by atoms with Crippen LogP contribution >= 0.6 is 11.3 Å². The largest absolute Gasteiger partial charge is 0.396 e. The minimum atomic E-state index is -0.261. The van der Waals surface area contributed by atoms with Crippen molar-refractivity contribution in [2.75, 3.05) is 44.3 Å². The highest BCUT2D eigenvalue weighted by Gasteiger charge is 2.20. The number of hydrogen-bond acceptors (Lipinski definition) is 6. The Morgan fingerprint density at radius 1 is 1.43 bits per heavy atom. The van der Waals surface area contributed by atoms with E-state index < -0.39 is 0 Å². The van der Waals surface area contributed by atoms with E-state index >= 15 is 0 Å². The van der Waals surface area contributed by atoms with Crippen LogP contribution in [0.5, 0.6) is 0 Å². The zero-order chi connectivity index (χ0) is 15.8. The number of carbonyl (C=O) groups is 1. The van der Waals surface area contributed by atoms with E-state index in [0.29, 0.717) is 15.4 Å². The molecule has 0 spiro atoms. The number of nitrogen functional groups attached to an aromatic ring is 1. The Kier molecular flexibility index (Phi) is 6.99. The van der Waals surface area contributed by atoms with Crippen LogP contribution in [-0.2, 0) is 0 Å². The zero-order valence-corrected chi connectivity index (χ0v) is 13.6. The van der Waals surface area contributed by atoms with Gasteiger partial charge in [-0.05, 0) is 19.5 Å². The highest BCUT2D eigenvalue weighted by molar-refractivity contribution is 7.18. The Bertz CT molecular complexity index is 520. The van der Waals surface area contributed by atoms with Gasteiger partial charge in [-0.3, -0.25) is 4.79 Å². The highest BCUT2D eigenvalue weighted by atomic mass is 32.1. The van der Waals surface area contributed by atoms with Crippen molar-refractivity contribution < 1.29 is 4.79 Å². The van der Waals surface area contributed by atoms with Gasteiger partial charge in [0.2, 0.25) is 0 Å². The van der Waals surface area contributed by atoms with Gasteiger partial charge in [0.1, 0.15) is 21.5 Å². The molecule has 0 saturated heterocycles. The fraction of sp³-hybridized carbons (Fsp3) is 0.571. The number of nitrogens with one attached hydrogen (secondary N) is 2. The van der Waals surface area contributed by atoms with Gasteiger partial charge < -0.3 is 21.3 Å². The molecule has 0 atom stereocenters. The normalized spacial score (nSPS) is 10.4. The fourth-order valence-electron chi connectivity index (χ4n) is 2.03. The summed E-state index contributed by atoms with van der Waals surface area (Å²) in [7, 11) is 1.55. The van der Waals surface area contributed by atoms with Crippen molar-refractivity contribution in [2.45, 2.75) is 20.3 Å². The molecule has 1 aromatic heterocycles. The first kappa shape index (κ1) is 17.3. The Hall–Kier alpha value is -1.78. The maximum absolute atomic E-state index is 11.7. The second-order valence-corrected chi connectivity index (χ2v) is 5.62. The average Bonchev–Trinajstić information content (AvgIpc) is 2.81. The molecule has 116 valence electrons. The molecule has 21 heavy (non-hydrogen) atoms. The van der Waals surface area contributed by atoms with Crippen LogP contribution in [0.25, 0.3) is 0 Å². The standard InChI is InChI=1S/C14H23N5OS/c1-4-7-19(5-2)8-6-18-14-10(9-15)11(16)12(21-14)13(20)17-3/h18H,4-8,16H2,1-3H3,(H,17,20). The quantitative estimate of drug-likeness (QED) is 0.679. The number of anilines is 2. The molecule has 0 aliphatic rings. The van der Waals surface area contributed by atoms with E-state index in [4.69, 9.17) is 5.73 Å². The molecule has 1 rings (SSSR count). The molecule has 4 N–H and O–H groups in total. The Labute approximate surface area is 129 Å². The van der Waals surface area contributed by atoms with Gasteiger partial charge in [0.15, 0.2) is 0 Å². The number of nitrogens with two attached hydrogens (primary N) is 1. The summed E-state index contributed by atoms with van der Waals surface area (Å²) in [6.45, 7) is 7.94. The van der Waals surface area contributed by atoms with Gasteiger partial charge in [-0.25, -0.2) is 0 Å². The van der Waals surface area contributed by atoms with Crippen molar-refractivity contribution >= 4 is 27.9 Å². The summed E-state index contributed by atoms with van der Waals surface area (Å²) in [6, 6.07) is 2.07. The first-order chi connectivity index (χ1) is 10.1. The Morgan fingerprint density at radius 2 is 2.14 bits per heavy atom. The van der Waals surface area contributed by atoms with Crippen LogP contribution in [0.3, 0.4) is 0 Å². The number of nitriles is 1. The molecule has 7 heteroatoms. The number of likely N-dealkylation sites (N-methyl/N-ethyl adjacent to an activating group) is 1. The lowest BCUT2D eigenvalue weighted by Gasteiger charge is -2.19. The first-order valence-corrected chi connectivity index (χ1v) is 7.91. The lowest BCUT2D eigenvalue weighted by molar-refractivity contribution is 0.0968. The molecule has 0 fully saturated rings. The second kappa shape index (κ2) is 8.49. The van der Waals surface area contributed by atoms with Crippen LogP contribution < -0.4 is 16.4 Å². The van der Waals surface area contributed by atoms with E-state index in [0.717, 1.165) is 32.6 Å². The maximum Gasteiger partial charge on any atom is 0.263 e. The van der Waals surface area contributed by atoms with E-state index in [1.54, 1.807) is 7.05 Å². The lowest BCUT2D eigenvalue weighted by atomic mass is 10.2. The van der Waals surface area contributed by atoms with Crippen molar-refractivity contribution in [3.05, 3.63) is 10.4 Å². The third-order valence-electron chi connectivity index (χ3n) is 3.19. The van der Waals surface area contributed by atoms with Crippen molar-refractivity contribution in [3.8, 4) is 6.07 Å². The fourth-order valence-corrected chi connectivity index (χ4v) is 3.08. The van der Waals surface area contributed by atoms with Crippen molar-refractivity contribution in [2.24, 2.45) is 0 Å². The summed E-state index contributed by atoms with van der Waals surface area (Å²) in [6.07, 6.45) is 1.12. The van der Waals surface area contributed by atoms with Gasteiger partial charge in [-0.1, -0.05) is 13.8 Å². The Balaban J connectivity index is 2.75. The molecule has 1 aromatic rings. The molecule has 0 bridgehead atoms. The molecule has 0 aromatic carbocycles. The second-order valence-electron chi connectivity index (χ2n) is 4.60. The third-order valence-corrected chi connectivity index (χ3v) is 4.35. The van der Waals surface area contributed by atoms with Crippen LogP contribution in [0, 0.1) is 11.3 Å². The summed E-state index contributed by atoms with van der Waals surface area (Å²) >= 11 is 1.23. The van der Waals surface area contributed by atoms with Gasteiger partial charge in [0.05, 0.1) is 5.69 Å². The van der Waals surface area contributed by atoms with Crippen LogP contribution in [0.15, 0.2) is 0 Å². The molecular formula is C14H23N5OS. The minimum Gasteiger partial charge on any atom is -0.396 e. The van der Waals surface area contributed by atoms with Crippen LogP contribution in [0.4, 0.5) is 10.7 Å². The topological polar surface area (TPSA) is 94.2 Å². The molecule has 0 aliphatic carbocycles. The zero-order valence-electron chi connectivity index (χ0n) is 12.8. The lowest BCUT2D eigenvalue weighted by Crippen LogP contribution is -2.29.